The minimum Gasteiger partial charge on any atom is -0.387 e. The maximum atomic E-state index is 10.6. The van der Waals surface area contributed by atoms with Crippen LogP contribution in [0.3, 0.4) is 0 Å². The highest BCUT2D eigenvalue weighted by atomic mass is 32.1. The quantitative estimate of drug-likeness (QED) is 0.828. The maximum absolute atomic E-state index is 10.6. The Morgan fingerprint density at radius 1 is 1.31 bits per heavy atom. The summed E-state index contributed by atoms with van der Waals surface area (Å²) in [4.78, 5) is 2.57. The maximum Gasteiger partial charge on any atom is 0.0937 e. The van der Waals surface area contributed by atoms with Crippen molar-refractivity contribution < 1.29 is 5.11 Å². The van der Waals surface area contributed by atoms with Crippen molar-refractivity contribution in [2.24, 2.45) is 5.41 Å². The Morgan fingerprint density at radius 3 is 2.50 bits per heavy atom. The van der Waals surface area contributed by atoms with E-state index in [1.165, 1.54) is 35.4 Å². The molecule has 1 saturated carbocycles. The number of aryl methyl sites for hydroxylation is 1. The summed E-state index contributed by atoms with van der Waals surface area (Å²) in [6.45, 7) is 4.40. The molecule has 2 rings (SSSR count). The number of hydrogen-bond acceptors (Lipinski definition) is 2. The molecule has 90 valence electrons. The van der Waals surface area contributed by atoms with Crippen LogP contribution in [0, 0.1) is 5.41 Å². The lowest BCUT2D eigenvalue weighted by Gasteiger charge is -2.32. The molecule has 1 aromatic heterocycles. The highest BCUT2D eigenvalue weighted by molar-refractivity contribution is 7.12. The van der Waals surface area contributed by atoms with Crippen LogP contribution in [0.5, 0.6) is 0 Å². The van der Waals surface area contributed by atoms with Crippen molar-refractivity contribution in [1.29, 1.82) is 0 Å². The van der Waals surface area contributed by atoms with Gasteiger partial charge in [-0.25, -0.2) is 0 Å². The predicted molar refractivity (Wildman–Crippen MR) is 69.8 cm³/mol. The topological polar surface area (TPSA) is 20.2 Å². The van der Waals surface area contributed by atoms with Crippen LogP contribution in [0.2, 0.25) is 0 Å². The SMILES string of the molecule is CCc1ccc(C(O)C2(CC)CCCC2)s1. The van der Waals surface area contributed by atoms with Gasteiger partial charge in [-0.2, -0.15) is 0 Å². The average Bonchev–Trinajstić information content (AvgIpc) is 2.98. The third kappa shape index (κ3) is 2.05. The number of thiophene rings is 1. The molecule has 1 aromatic rings. The van der Waals surface area contributed by atoms with Crippen molar-refractivity contribution in [3.63, 3.8) is 0 Å². The summed E-state index contributed by atoms with van der Waals surface area (Å²) in [6, 6.07) is 4.30. The lowest BCUT2D eigenvalue weighted by Crippen LogP contribution is -2.24. The van der Waals surface area contributed by atoms with Crippen LogP contribution in [-0.4, -0.2) is 5.11 Å². The van der Waals surface area contributed by atoms with Crippen LogP contribution < -0.4 is 0 Å². The second-order valence-corrected chi connectivity index (χ2v) is 6.18. The molecule has 2 heteroatoms. The molecule has 0 radical (unpaired) electrons. The van der Waals surface area contributed by atoms with E-state index in [4.69, 9.17) is 0 Å². The standard InChI is InChI=1S/C14H22OS/c1-3-11-7-8-12(16-11)13(15)14(4-2)9-5-6-10-14/h7-8,13,15H,3-6,9-10H2,1-2H3. The van der Waals surface area contributed by atoms with Crippen LogP contribution in [0.4, 0.5) is 0 Å². The Kier molecular flexibility index (Phi) is 3.70. The van der Waals surface area contributed by atoms with Crippen molar-refractivity contribution in [2.45, 2.75) is 58.5 Å². The van der Waals surface area contributed by atoms with E-state index in [0.717, 1.165) is 12.8 Å². The van der Waals surface area contributed by atoms with Crippen molar-refractivity contribution in [3.05, 3.63) is 21.9 Å². The third-order valence-corrected chi connectivity index (χ3v) is 5.47. The molecule has 1 nitrogen and oxygen atoms in total. The van der Waals surface area contributed by atoms with Crippen molar-refractivity contribution in [2.75, 3.05) is 0 Å². The van der Waals surface area contributed by atoms with Crippen molar-refractivity contribution >= 4 is 11.3 Å². The Morgan fingerprint density at radius 2 is 2.00 bits per heavy atom. The minimum absolute atomic E-state index is 0.176. The average molecular weight is 238 g/mol. The molecule has 0 amide bonds. The molecule has 0 aromatic carbocycles. The summed E-state index contributed by atoms with van der Waals surface area (Å²) in [5.74, 6) is 0. The first-order valence-corrected chi connectivity index (χ1v) is 7.30. The second kappa shape index (κ2) is 4.89. The first-order chi connectivity index (χ1) is 7.72. The van der Waals surface area contributed by atoms with Crippen LogP contribution in [0.25, 0.3) is 0 Å². The lowest BCUT2D eigenvalue weighted by molar-refractivity contribution is 0.0265. The van der Waals surface area contributed by atoms with Crippen LogP contribution in [0.1, 0.15) is 61.8 Å². The molecule has 0 spiro atoms. The van der Waals surface area contributed by atoms with Gasteiger partial charge in [-0.1, -0.05) is 26.7 Å². The molecule has 1 fully saturated rings. The fourth-order valence-corrected chi connectivity index (χ4v) is 4.01. The number of aliphatic hydroxyl groups is 1. The normalized spacial score (nSPS) is 21.2. The molecule has 1 atom stereocenters. The third-order valence-electron chi connectivity index (χ3n) is 4.18. The molecular weight excluding hydrogens is 216 g/mol. The van der Waals surface area contributed by atoms with E-state index >= 15 is 0 Å². The van der Waals surface area contributed by atoms with E-state index < -0.39 is 0 Å². The first-order valence-electron chi connectivity index (χ1n) is 6.48. The summed E-state index contributed by atoms with van der Waals surface area (Å²) in [5.41, 5.74) is 0.176. The van der Waals surface area contributed by atoms with Gasteiger partial charge in [0.15, 0.2) is 0 Å². The Labute approximate surface area is 103 Å². The zero-order chi connectivity index (χ0) is 11.6. The van der Waals surface area contributed by atoms with Gasteiger partial charge in [-0.3, -0.25) is 0 Å². The Hall–Kier alpha value is -0.340. The van der Waals surface area contributed by atoms with Gasteiger partial charge in [0.05, 0.1) is 6.10 Å². The molecule has 0 bridgehead atoms. The molecular formula is C14H22OS. The zero-order valence-electron chi connectivity index (χ0n) is 10.3. The molecule has 0 saturated heterocycles. The van der Waals surface area contributed by atoms with Gasteiger partial charge >= 0.3 is 0 Å². The first kappa shape index (κ1) is 12.1. The minimum atomic E-state index is -0.231. The fourth-order valence-electron chi connectivity index (χ4n) is 2.93. The van der Waals surface area contributed by atoms with Gasteiger partial charge in [0.25, 0.3) is 0 Å². The lowest BCUT2D eigenvalue weighted by atomic mass is 9.77. The van der Waals surface area contributed by atoms with E-state index in [2.05, 4.69) is 26.0 Å². The molecule has 1 N–H and O–H groups in total. The summed E-state index contributed by atoms with van der Waals surface area (Å²) in [6.07, 6.45) is 6.93. The van der Waals surface area contributed by atoms with E-state index in [0.29, 0.717) is 0 Å². The molecule has 1 aliphatic rings. The molecule has 1 heterocycles. The van der Waals surface area contributed by atoms with E-state index in [9.17, 15) is 5.11 Å². The van der Waals surface area contributed by atoms with Gasteiger partial charge < -0.3 is 5.11 Å². The van der Waals surface area contributed by atoms with Crippen molar-refractivity contribution in [3.8, 4) is 0 Å². The highest BCUT2D eigenvalue weighted by Crippen LogP contribution is 2.51. The second-order valence-electron chi connectivity index (χ2n) is 4.98. The summed E-state index contributed by atoms with van der Waals surface area (Å²) < 4.78 is 0. The number of rotatable bonds is 4. The largest absolute Gasteiger partial charge is 0.387 e. The van der Waals surface area contributed by atoms with Gasteiger partial charge in [-0.15, -0.1) is 11.3 Å². The van der Waals surface area contributed by atoms with Crippen LogP contribution in [-0.2, 0) is 6.42 Å². The van der Waals surface area contributed by atoms with Crippen molar-refractivity contribution in [1.82, 2.24) is 0 Å². The number of aliphatic hydroxyl groups excluding tert-OH is 1. The Bertz CT molecular complexity index is 336. The molecule has 1 unspecified atom stereocenters. The van der Waals surface area contributed by atoms with E-state index in [1.54, 1.807) is 11.3 Å². The van der Waals surface area contributed by atoms with E-state index in [1.807, 2.05) is 0 Å². The predicted octanol–water partition coefficient (Wildman–Crippen LogP) is 4.31. The molecule has 1 aliphatic carbocycles. The smallest absolute Gasteiger partial charge is 0.0937 e. The van der Waals surface area contributed by atoms with E-state index in [-0.39, 0.29) is 11.5 Å². The van der Waals surface area contributed by atoms with Crippen LogP contribution >= 0.6 is 11.3 Å². The summed E-state index contributed by atoms with van der Waals surface area (Å²) in [5, 5.41) is 10.6. The molecule has 16 heavy (non-hydrogen) atoms. The summed E-state index contributed by atoms with van der Waals surface area (Å²) >= 11 is 1.79. The van der Waals surface area contributed by atoms with Gasteiger partial charge in [-0.05, 0) is 37.8 Å². The molecule has 0 aliphatic heterocycles. The highest BCUT2D eigenvalue weighted by Gasteiger charge is 2.40. The Balaban J connectivity index is 2.19. The van der Waals surface area contributed by atoms with Gasteiger partial charge in [0.2, 0.25) is 0 Å². The van der Waals surface area contributed by atoms with Gasteiger partial charge in [0, 0.05) is 15.2 Å². The fraction of sp³-hybridized carbons (Fsp3) is 0.714. The summed E-state index contributed by atoms with van der Waals surface area (Å²) in [7, 11) is 0. The van der Waals surface area contributed by atoms with Crippen LogP contribution in [0.15, 0.2) is 12.1 Å². The zero-order valence-corrected chi connectivity index (χ0v) is 11.1. The van der Waals surface area contributed by atoms with Gasteiger partial charge in [0.1, 0.15) is 0 Å². The monoisotopic (exact) mass is 238 g/mol. The number of hydrogen-bond donors (Lipinski definition) is 1.